The quantitative estimate of drug-likeness (QED) is 0.655. The number of aliphatic hydroxyl groups is 1. The maximum Gasteiger partial charge on any atom is 0.165 e. The molecule has 0 saturated carbocycles. The first-order chi connectivity index (χ1) is 9.83. The highest BCUT2D eigenvalue weighted by molar-refractivity contribution is 7.98. The molecule has 0 unspecified atom stereocenters. The molecule has 0 aliphatic heterocycles. The second-order valence-electron chi connectivity index (χ2n) is 3.99. The van der Waals surface area contributed by atoms with Crippen molar-refractivity contribution in [2.45, 2.75) is 17.3 Å². The first-order valence-electron chi connectivity index (χ1n) is 6.22. The van der Waals surface area contributed by atoms with Crippen LogP contribution >= 0.6 is 11.8 Å². The average Bonchev–Trinajstić information content (AvgIpc) is 2.99. The number of aliphatic hydroxyl groups excluding tert-OH is 1. The maximum atomic E-state index is 8.77. The Hall–Kier alpha value is -1.90. The third kappa shape index (κ3) is 4.05. The van der Waals surface area contributed by atoms with E-state index in [0.29, 0.717) is 6.42 Å². The first kappa shape index (κ1) is 14.5. The van der Waals surface area contributed by atoms with Crippen LogP contribution in [-0.2, 0) is 5.75 Å². The zero-order valence-corrected chi connectivity index (χ0v) is 12.0. The number of nitrogens with zero attached hydrogens (tertiary/aromatic N) is 1. The van der Waals surface area contributed by atoms with Crippen molar-refractivity contribution in [2.24, 2.45) is 0 Å². The highest BCUT2D eigenvalue weighted by atomic mass is 32.2. The Morgan fingerprint density at radius 1 is 1.45 bits per heavy atom. The minimum absolute atomic E-state index is 0.0728. The summed E-state index contributed by atoms with van der Waals surface area (Å²) in [5, 5.41) is 9.66. The number of ether oxygens (including phenoxy) is 1. The number of thioether (sulfide) groups is 1. The zero-order chi connectivity index (χ0) is 14.2. The highest BCUT2D eigenvalue weighted by Crippen LogP contribution is 2.24. The van der Waals surface area contributed by atoms with Gasteiger partial charge in [-0.05, 0) is 17.7 Å². The summed E-state index contributed by atoms with van der Waals surface area (Å²) in [6.45, 7) is 0.0728. The van der Waals surface area contributed by atoms with Crippen LogP contribution in [0.5, 0.6) is 5.75 Å². The van der Waals surface area contributed by atoms with E-state index in [4.69, 9.17) is 9.84 Å². The molecule has 104 valence electrons. The molecule has 0 bridgehead atoms. The van der Waals surface area contributed by atoms with Gasteiger partial charge in [-0.2, -0.15) is 0 Å². The topological polar surface area (TPSA) is 58.1 Å². The highest BCUT2D eigenvalue weighted by Gasteiger charge is 2.03. The van der Waals surface area contributed by atoms with E-state index >= 15 is 0 Å². The molecule has 4 nitrogen and oxygen atoms in total. The van der Waals surface area contributed by atoms with Crippen LogP contribution in [-0.4, -0.2) is 28.8 Å². The number of aromatic amines is 1. The van der Waals surface area contributed by atoms with Crippen LogP contribution in [0.25, 0.3) is 0 Å². The number of nitrogens with one attached hydrogen (secondary N) is 1. The van der Waals surface area contributed by atoms with Crippen LogP contribution in [0.4, 0.5) is 0 Å². The van der Waals surface area contributed by atoms with Gasteiger partial charge in [0.2, 0.25) is 0 Å². The lowest BCUT2D eigenvalue weighted by atomic mass is 10.1. The minimum atomic E-state index is 0.0728. The molecule has 0 atom stereocenters. The lowest BCUT2D eigenvalue weighted by molar-refractivity contribution is 0.305. The average molecular weight is 288 g/mol. The summed E-state index contributed by atoms with van der Waals surface area (Å²) in [7, 11) is 1.63. The molecule has 2 N–H and O–H groups in total. The minimum Gasteiger partial charge on any atom is -0.495 e. The summed E-state index contributed by atoms with van der Waals surface area (Å²) in [5.41, 5.74) is 2.00. The van der Waals surface area contributed by atoms with Gasteiger partial charge in [0.1, 0.15) is 5.75 Å². The van der Waals surface area contributed by atoms with Gasteiger partial charge < -0.3 is 14.8 Å². The van der Waals surface area contributed by atoms with Gasteiger partial charge in [-0.15, -0.1) is 0 Å². The summed E-state index contributed by atoms with van der Waals surface area (Å²) < 4.78 is 5.29. The van der Waals surface area contributed by atoms with Crippen LogP contribution in [0.3, 0.4) is 0 Å². The summed E-state index contributed by atoms with van der Waals surface area (Å²) in [6.07, 6.45) is 4.01. The molecule has 1 aromatic heterocycles. The van der Waals surface area contributed by atoms with E-state index < -0.39 is 0 Å². The number of benzene rings is 1. The molecule has 0 radical (unpaired) electrons. The first-order valence-corrected chi connectivity index (χ1v) is 7.21. The van der Waals surface area contributed by atoms with E-state index in [2.05, 4.69) is 21.8 Å². The second-order valence-corrected chi connectivity index (χ2v) is 4.96. The van der Waals surface area contributed by atoms with Gasteiger partial charge in [-0.25, -0.2) is 4.98 Å². The summed E-state index contributed by atoms with van der Waals surface area (Å²) in [6, 6.07) is 5.95. The van der Waals surface area contributed by atoms with E-state index in [-0.39, 0.29) is 6.61 Å². The Morgan fingerprint density at radius 3 is 3.05 bits per heavy atom. The Morgan fingerprint density at radius 2 is 2.35 bits per heavy atom. The Labute approximate surface area is 122 Å². The molecular weight excluding hydrogens is 272 g/mol. The molecule has 1 aromatic carbocycles. The van der Waals surface area contributed by atoms with Crippen molar-refractivity contribution in [2.75, 3.05) is 13.7 Å². The van der Waals surface area contributed by atoms with Crippen molar-refractivity contribution in [1.29, 1.82) is 0 Å². The summed E-state index contributed by atoms with van der Waals surface area (Å²) in [4.78, 5) is 7.23. The van der Waals surface area contributed by atoms with E-state index in [1.54, 1.807) is 25.1 Å². The van der Waals surface area contributed by atoms with Crippen LogP contribution in [0, 0.1) is 11.8 Å². The largest absolute Gasteiger partial charge is 0.495 e. The molecule has 0 spiro atoms. The van der Waals surface area contributed by atoms with Gasteiger partial charge in [0.15, 0.2) is 5.16 Å². The number of rotatable bonds is 5. The molecule has 1 heterocycles. The van der Waals surface area contributed by atoms with Crippen LogP contribution in [0.2, 0.25) is 0 Å². The number of hydrogen-bond acceptors (Lipinski definition) is 4. The molecule has 20 heavy (non-hydrogen) atoms. The zero-order valence-electron chi connectivity index (χ0n) is 11.2. The van der Waals surface area contributed by atoms with Crippen LogP contribution in [0.1, 0.15) is 17.5 Å². The van der Waals surface area contributed by atoms with Crippen molar-refractivity contribution in [3.63, 3.8) is 0 Å². The van der Waals surface area contributed by atoms with Crippen LogP contribution in [0.15, 0.2) is 35.7 Å². The standard InChI is InChI=1S/C15H16N2O2S/c1-19-14-6-5-12(10-13(14)4-2-3-9-18)11-20-15-16-7-8-17-15/h5-8,10,18H,3,9,11H2,1H3,(H,16,17). The fourth-order valence-electron chi connectivity index (χ4n) is 1.64. The third-order valence-corrected chi connectivity index (χ3v) is 3.55. The van der Waals surface area contributed by atoms with Gasteiger partial charge in [-0.3, -0.25) is 0 Å². The van der Waals surface area contributed by atoms with Crippen molar-refractivity contribution in [3.05, 3.63) is 41.7 Å². The summed E-state index contributed by atoms with van der Waals surface area (Å²) in [5.74, 6) is 7.51. The van der Waals surface area contributed by atoms with Gasteiger partial charge in [0.25, 0.3) is 0 Å². The van der Waals surface area contributed by atoms with E-state index in [1.807, 2.05) is 24.4 Å². The molecule has 5 heteroatoms. The van der Waals surface area contributed by atoms with Crippen molar-refractivity contribution >= 4 is 11.8 Å². The number of hydrogen-bond donors (Lipinski definition) is 2. The predicted molar refractivity (Wildman–Crippen MR) is 79.7 cm³/mol. The summed E-state index contributed by atoms with van der Waals surface area (Å²) >= 11 is 1.64. The molecule has 0 aliphatic rings. The predicted octanol–water partition coefficient (Wildman–Crippen LogP) is 2.44. The van der Waals surface area contributed by atoms with E-state index in [9.17, 15) is 0 Å². The van der Waals surface area contributed by atoms with Crippen molar-refractivity contribution in [3.8, 4) is 17.6 Å². The van der Waals surface area contributed by atoms with E-state index in [0.717, 1.165) is 27.8 Å². The lowest BCUT2D eigenvalue weighted by Gasteiger charge is -2.06. The molecule has 0 fully saturated rings. The van der Waals surface area contributed by atoms with E-state index in [1.165, 1.54) is 0 Å². The van der Waals surface area contributed by atoms with Gasteiger partial charge in [0, 0.05) is 24.6 Å². The Bertz CT molecular complexity index is 600. The molecule has 0 aliphatic carbocycles. The molecule has 0 amide bonds. The second kappa shape index (κ2) is 7.63. The molecule has 2 aromatic rings. The SMILES string of the molecule is COc1ccc(CSc2ncc[nH]2)cc1C#CCCO. The molecular formula is C15H16N2O2S. The molecule has 0 saturated heterocycles. The van der Waals surface area contributed by atoms with Gasteiger partial charge in [0.05, 0.1) is 19.3 Å². The number of methoxy groups -OCH3 is 1. The van der Waals surface area contributed by atoms with Crippen molar-refractivity contribution in [1.82, 2.24) is 9.97 Å². The van der Waals surface area contributed by atoms with Gasteiger partial charge in [-0.1, -0.05) is 29.7 Å². The lowest BCUT2D eigenvalue weighted by Crippen LogP contribution is -1.91. The van der Waals surface area contributed by atoms with Gasteiger partial charge >= 0.3 is 0 Å². The fourth-order valence-corrected chi connectivity index (χ4v) is 2.41. The molecule has 2 rings (SSSR count). The van der Waals surface area contributed by atoms with Crippen LogP contribution < -0.4 is 4.74 Å². The maximum absolute atomic E-state index is 8.77. The monoisotopic (exact) mass is 288 g/mol. The Balaban J connectivity index is 2.10. The number of aromatic nitrogens is 2. The Kier molecular flexibility index (Phi) is 5.54. The normalized spacial score (nSPS) is 9.90. The fraction of sp³-hybridized carbons (Fsp3) is 0.267. The van der Waals surface area contributed by atoms with Crippen molar-refractivity contribution < 1.29 is 9.84 Å². The third-order valence-electron chi connectivity index (χ3n) is 2.57. The number of imidazole rings is 1. The smallest absolute Gasteiger partial charge is 0.165 e. The number of H-pyrrole nitrogens is 1.